The molecule has 2 aliphatic rings. The minimum absolute atomic E-state index is 0. The predicted octanol–water partition coefficient (Wildman–Crippen LogP) is 0.566. The van der Waals surface area contributed by atoms with E-state index in [1.165, 1.54) is 5.56 Å². The van der Waals surface area contributed by atoms with E-state index in [1.54, 1.807) is 39.0 Å². The van der Waals surface area contributed by atoms with Crippen molar-refractivity contribution in [1.29, 1.82) is 0 Å². The molecule has 2 aromatic carbocycles. The van der Waals surface area contributed by atoms with E-state index >= 15 is 0 Å². The van der Waals surface area contributed by atoms with Gasteiger partial charge in [0.15, 0.2) is 0 Å². The van der Waals surface area contributed by atoms with E-state index in [0.29, 0.717) is 0 Å². The average Bonchev–Trinajstić information content (AvgIpc) is 3.27. The third kappa shape index (κ3) is 4.08. The van der Waals surface area contributed by atoms with Crippen molar-refractivity contribution in [3.05, 3.63) is 76.4 Å². The predicted molar refractivity (Wildman–Crippen MR) is 112 cm³/mol. The maximum absolute atomic E-state index is 2.55. The number of fused-ring (bicyclic) bond motifs is 3. The minimum atomic E-state index is -0.458. The quantitative estimate of drug-likeness (QED) is 0.533. The van der Waals surface area contributed by atoms with Gasteiger partial charge < -0.3 is 24.8 Å². The van der Waals surface area contributed by atoms with Crippen molar-refractivity contribution in [2.24, 2.45) is 0 Å². The van der Waals surface area contributed by atoms with Crippen molar-refractivity contribution in [1.82, 2.24) is 0 Å². The molecule has 4 heteroatoms. The number of aryl methyl sites for hydroxylation is 1. The normalized spacial score (nSPS) is 15.7. The topological polar surface area (TPSA) is 0 Å². The standard InChI is InChI=1S/C22H21.C2H6Si.2ClH.Zr/c1-3-15-13-20-19-12-8-7-11-17(19)14-21(20)22(18(15)4-2)16-9-5-6-10-16;1-3-2;;;/h5-9,11-14H,3-4,10H2,1-2H3;1-2H3;2*1H;/q;;;;+2/p-2. The molecule has 28 heavy (non-hydrogen) atoms. The molecule has 2 aliphatic carbocycles. The molecule has 0 saturated carbocycles. The summed E-state index contributed by atoms with van der Waals surface area (Å²) < 4.78 is 0.751. The van der Waals surface area contributed by atoms with Gasteiger partial charge >= 0.3 is 170 Å². The van der Waals surface area contributed by atoms with E-state index in [9.17, 15) is 0 Å². The zero-order valence-corrected chi connectivity index (χ0v) is 22.0. The van der Waals surface area contributed by atoms with Crippen molar-refractivity contribution in [2.75, 3.05) is 0 Å². The molecule has 1 unspecified atom stereocenters. The zero-order chi connectivity index (χ0) is 18.3. The smallest absolute Gasteiger partial charge is 1.00 e. The Balaban J connectivity index is 0.00000140. The molecule has 0 amide bonds. The molecule has 0 fully saturated rings. The summed E-state index contributed by atoms with van der Waals surface area (Å²) in [5.41, 5.74) is 12.7. The summed E-state index contributed by atoms with van der Waals surface area (Å²) >= 11 is -0.458. The molecule has 0 saturated heterocycles. The molecular formula is C24H27Cl2SiZr. The number of rotatable bonds is 4. The van der Waals surface area contributed by atoms with Gasteiger partial charge in [-0.25, -0.2) is 0 Å². The maximum atomic E-state index is 2.55. The SMILES string of the molecule is CCc1cc2c(c(C3=CC=CC3)c1CC)[CH]([Zr+2]=[Si](C)C)c1ccccc1-2.[Cl-].[Cl-]. The van der Waals surface area contributed by atoms with Gasteiger partial charge in [-0.05, 0) is 0 Å². The van der Waals surface area contributed by atoms with Crippen LogP contribution in [0.3, 0.4) is 0 Å². The van der Waals surface area contributed by atoms with Gasteiger partial charge in [0.1, 0.15) is 0 Å². The summed E-state index contributed by atoms with van der Waals surface area (Å²) in [6.45, 7) is 9.74. The van der Waals surface area contributed by atoms with Crippen LogP contribution in [0.2, 0.25) is 13.1 Å². The van der Waals surface area contributed by atoms with Crippen LogP contribution in [0, 0.1) is 0 Å². The number of hydrogen-bond acceptors (Lipinski definition) is 0. The molecule has 1 atom stereocenters. The van der Waals surface area contributed by atoms with E-state index in [2.05, 4.69) is 75.5 Å². The fourth-order valence-electron chi connectivity index (χ4n) is 4.63. The van der Waals surface area contributed by atoms with Gasteiger partial charge in [-0.1, -0.05) is 0 Å². The Bertz CT molecular complexity index is 969. The molecule has 0 heterocycles. The molecule has 0 aliphatic heterocycles. The van der Waals surface area contributed by atoms with E-state index in [1.807, 2.05) is 0 Å². The van der Waals surface area contributed by atoms with Gasteiger partial charge in [-0.3, -0.25) is 0 Å². The fourth-order valence-corrected chi connectivity index (χ4v) is 13.3. The van der Waals surface area contributed by atoms with Crippen LogP contribution in [0.25, 0.3) is 16.7 Å². The number of halogens is 2. The Hall–Kier alpha value is -0.400. The first-order valence-corrected chi connectivity index (χ1v) is 17.5. The Morgan fingerprint density at radius 2 is 1.79 bits per heavy atom. The van der Waals surface area contributed by atoms with Crippen LogP contribution >= 0.6 is 0 Å². The van der Waals surface area contributed by atoms with Crippen LogP contribution < -0.4 is 24.8 Å². The molecule has 0 radical (unpaired) electrons. The molecule has 0 aromatic heterocycles. The average molecular weight is 506 g/mol. The van der Waals surface area contributed by atoms with Gasteiger partial charge in [0.25, 0.3) is 0 Å². The number of allylic oxidation sites excluding steroid dienone is 4. The summed E-state index contributed by atoms with van der Waals surface area (Å²) in [5.74, 6) is 0. The summed E-state index contributed by atoms with van der Waals surface area (Å²) in [5, 5.41) is 0. The second kappa shape index (κ2) is 10.1. The Labute approximate surface area is 193 Å². The van der Waals surface area contributed by atoms with E-state index in [-0.39, 0.29) is 30.2 Å². The number of hydrogen-bond donors (Lipinski definition) is 0. The second-order valence-corrected chi connectivity index (χ2v) is 20.8. The molecule has 2 aromatic rings. The van der Waals surface area contributed by atoms with Gasteiger partial charge in [-0.2, -0.15) is 0 Å². The molecule has 0 spiro atoms. The monoisotopic (exact) mass is 503 g/mol. The van der Waals surface area contributed by atoms with E-state index < -0.39 is 21.9 Å². The van der Waals surface area contributed by atoms with Crippen molar-refractivity contribution in [3.63, 3.8) is 0 Å². The summed E-state index contributed by atoms with van der Waals surface area (Å²) in [4.78, 5) is 0. The van der Waals surface area contributed by atoms with Gasteiger partial charge in [-0.15, -0.1) is 0 Å². The molecule has 0 nitrogen and oxygen atoms in total. The van der Waals surface area contributed by atoms with Crippen molar-refractivity contribution < 1.29 is 46.7 Å². The van der Waals surface area contributed by atoms with Crippen molar-refractivity contribution in [2.45, 2.75) is 49.8 Å². The van der Waals surface area contributed by atoms with E-state index in [4.69, 9.17) is 0 Å². The largest absolute Gasteiger partial charge is 1.00 e. The Kier molecular flexibility index (Phi) is 8.59. The van der Waals surface area contributed by atoms with Gasteiger partial charge in [0.05, 0.1) is 0 Å². The van der Waals surface area contributed by atoms with Crippen LogP contribution in [0.5, 0.6) is 0 Å². The van der Waals surface area contributed by atoms with Crippen LogP contribution in [-0.2, 0) is 34.7 Å². The molecular weight excluding hydrogens is 478 g/mol. The maximum Gasteiger partial charge on any atom is -1.00 e. The first-order chi connectivity index (χ1) is 12.7. The zero-order valence-electron chi connectivity index (χ0n) is 17.1. The van der Waals surface area contributed by atoms with Gasteiger partial charge in [0, 0.05) is 0 Å². The van der Waals surface area contributed by atoms with Crippen LogP contribution in [-0.4, -0.2) is 5.43 Å². The Morgan fingerprint density at radius 3 is 2.39 bits per heavy atom. The minimum Gasteiger partial charge on any atom is -1.00 e. The Morgan fingerprint density at radius 1 is 1.04 bits per heavy atom. The summed E-state index contributed by atoms with van der Waals surface area (Å²) in [6, 6.07) is 11.8. The fraction of sp³-hybridized carbons (Fsp3) is 0.333. The molecule has 4 rings (SSSR count). The third-order valence-corrected chi connectivity index (χ3v) is 14.4. The number of benzene rings is 2. The molecule has 0 N–H and O–H groups in total. The van der Waals surface area contributed by atoms with Crippen LogP contribution in [0.1, 0.15) is 51.7 Å². The van der Waals surface area contributed by atoms with E-state index in [0.717, 1.165) is 22.9 Å². The molecule has 145 valence electrons. The summed E-state index contributed by atoms with van der Waals surface area (Å²) in [6.07, 6.45) is 10.3. The first kappa shape index (κ1) is 23.9. The van der Waals surface area contributed by atoms with Crippen LogP contribution in [0.15, 0.2) is 48.6 Å². The summed E-state index contributed by atoms with van der Waals surface area (Å²) in [7, 11) is 0. The second-order valence-electron chi connectivity index (χ2n) is 7.55. The third-order valence-electron chi connectivity index (χ3n) is 5.68. The van der Waals surface area contributed by atoms with Crippen molar-refractivity contribution in [3.8, 4) is 11.1 Å². The van der Waals surface area contributed by atoms with Crippen molar-refractivity contribution >= 4 is 11.0 Å². The van der Waals surface area contributed by atoms with Crippen LogP contribution in [0.4, 0.5) is 0 Å². The van der Waals surface area contributed by atoms with Gasteiger partial charge in [0.2, 0.25) is 0 Å². The molecule has 0 bridgehead atoms. The first-order valence-electron chi connectivity index (χ1n) is 9.86.